The van der Waals surface area contributed by atoms with Crippen LogP contribution in [-0.4, -0.2) is 22.8 Å². The Morgan fingerprint density at radius 3 is 2.67 bits per heavy atom. The fraction of sp³-hybridized carbons (Fsp3) is 0.562. The molecule has 1 aromatic rings. The van der Waals surface area contributed by atoms with Crippen molar-refractivity contribution in [3.8, 4) is 0 Å². The second-order valence-electron chi connectivity index (χ2n) is 5.47. The van der Waals surface area contributed by atoms with E-state index < -0.39 is 6.04 Å². The summed E-state index contributed by atoms with van der Waals surface area (Å²) < 4.78 is 0. The molecule has 5 heteroatoms. The van der Waals surface area contributed by atoms with Gasteiger partial charge in [-0.25, -0.2) is 0 Å². The van der Waals surface area contributed by atoms with Gasteiger partial charge in [0.2, 0.25) is 11.8 Å². The average molecular weight is 291 g/mol. The first-order valence-electron chi connectivity index (χ1n) is 7.50. The first-order chi connectivity index (χ1) is 10.0. The summed E-state index contributed by atoms with van der Waals surface area (Å²) in [5.74, 6) is -0.171. The topological polar surface area (TPSA) is 71.1 Å². The number of carbonyl (C=O) groups is 2. The van der Waals surface area contributed by atoms with Crippen LogP contribution < -0.4 is 10.6 Å². The molecule has 21 heavy (non-hydrogen) atoms. The number of pyridine rings is 1. The van der Waals surface area contributed by atoms with Crippen LogP contribution in [0.1, 0.15) is 45.6 Å². The van der Waals surface area contributed by atoms with Gasteiger partial charge in [-0.3, -0.25) is 14.6 Å². The van der Waals surface area contributed by atoms with E-state index in [1.54, 1.807) is 12.4 Å². The highest BCUT2D eigenvalue weighted by atomic mass is 16.2. The Labute approximate surface area is 126 Å². The highest BCUT2D eigenvalue weighted by molar-refractivity contribution is 5.87. The Morgan fingerprint density at radius 1 is 1.33 bits per heavy atom. The van der Waals surface area contributed by atoms with Gasteiger partial charge in [-0.1, -0.05) is 33.3 Å². The fourth-order valence-corrected chi connectivity index (χ4v) is 1.92. The number of rotatable bonds is 8. The number of amides is 2. The molecule has 0 fully saturated rings. The summed E-state index contributed by atoms with van der Waals surface area (Å²) in [5, 5.41) is 5.67. The Hall–Kier alpha value is -1.91. The minimum Gasteiger partial charge on any atom is -0.350 e. The van der Waals surface area contributed by atoms with Crippen LogP contribution in [0.3, 0.4) is 0 Å². The second-order valence-corrected chi connectivity index (χ2v) is 5.47. The Bertz CT molecular complexity index is 446. The molecule has 1 heterocycles. The third-order valence-corrected chi connectivity index (χ3v) is 3.21. The lowest BCUT2D eigenvalue weighted by Crippen LogP contribution is -2.49. The van der Waals surface area contributed by atoms with Crippen molar-refractivity contribution in [2.45, 2.75) is 52.6 Å². The van der Waals surface area contributed by atoms with Crippen molar-refractivity contribution in [1.29, 1.82) is 0 Å². The molecule has 2 amide bonds. The minimum absolute atomic E-state index is 0.0458. The summed E-state index contributed by atoms with van der Waals surface area (Å²) in [4.78, 5) is 28.0. The lowest BCUT2D eigenvalue weighted by Gasteiger charge is -2.21. The first kappa shape index (κ1) is 17.1. The number of carbonyl (C=O) groups excluding carboxylic acids is 2. The van der Waals surface area contributed by atoms with Crippen molar-refractivity contribution in [2.75, 3.05) is 0 Å². The summed E-state index contributed by atoms with van der Waals surface area (Å²) in [6.45, 7) is 6.30. The molecule has 0 aliphatic rings. The van der Waals surface area contributed by atoms with Crippen LogP contribution in [-0.2, 0) is 16.1 Å². The number of hydrogen-bond acceptors (Lipinski definition) is 3. The predicted octanol–water partition coefficient (Wildman–Crippen LogP) is 2.03. The van der Waals surface area contributed by atoms with Gasteiger partial charge >= 0.3 is 0 Å². The van der Waals surface area contributed by atoms with Gasteiger partial charge in [0.15, 0.2) is 0 Å². The van der Waals surface area contributed by atoms with E-state index in [0.717, 1.165) is 18.4 Å². The van der Waals surface area contributed by atoms with Gasteiger partial charge in [0.25, 0.3) is 0 Å². The zero-order chi connectivity index (χ0) is 15.7. The smallest absolute Gasteiger partial charge is 0.243 e. The SMILES string of the molecule is CCCCC(=O)N[C@@H](C(=O)NCc1cccnc1)C(C)C. The zero-order valence-corrected chi connectivity index (χ0v) is 13.1. The Kier molecular flexibility index (Phi) is 7.43. The van der Waals surface area contributed by atoms with Crippen molar-refractivity contribution in [1.82, 2.24) is 15.6 Å². The molecular formula is C16H25N3O2. The van der Waals surface area contributed by atoms with E-state index in [0.29, 0.717) is 13.0 Å². The van der Waals surface area contributed by atoms with Gasteiger partial charge < -0.3 is 10.6 Å². The molecule has 0 radical (unpaired) electrons. The van der Waals surface area contributed by atoms with E-state index >= 15 is 0 Å². The molecule has 1 rings (SSSR count). The van der Waals surface area contributed by atoms with E-state index in [-0.39, 0.29) is 17.7 Å². The van der Waals surface area contributed by atoms with Crippen LogP contribution >= 0.6 is 0 Å². The standard InChI is InChI=1S/C16H25N3O2/c1-4-5-8-14(20)19-15(12(2)3)16(21)18-11-13-7-6-9-17-10-13/h6-7,9-10,12,15H,4-5,8,11H2,1-3H3,(H,18,21)(H,19,20)/t15-/m1/s1. The normalized spacial score (nSPS) is 12.0. The van der Waals surface area contributed by atoms with E-state index in [1.165, 1.54) is 0 Å². The monoisotopic (exact) mass is 291 g/mol. The number of aromatic nitrogens is 1. The summed E-state index contributed by atoms with van der Waals surface area (Å²) in [6, 6.07) is 3.23. The molecule has 0 saturated carbocycles. The van der Waals surface area contributed by atoms with Crippen LogP contribution in [0.2, 0.25) is 0 Å². The molecule has 0 aromatic carbocycles. The van der Waals surface area contributed by atoms with E-state index in [2.05, 4.69) is 15.6 Å². The maximum atomic E-state index is 12.2. The van der Waals surface area contributed by atoms with Crippen molar-refractivity contribution in [3.05, 3.63) is 30.1 Å². The van der Waals surface area contributed by atoms with E-state index in [1.807, 2.05) is 32.9 Å². The van der Waals surface area contributed by atoms with Gasteiger partial charge in [-0.05, 0) is 24.0 Å². The van der Waals surface area contributed by atoms with Crippen molar-refractivity contribution in [2.24, 2.45) is 5.92 Å². The zero-order valence-electron chi connectivity index (χ0n) is 13.1. The average Bonchev–Trinajstić information content (AvgIpc) is 2.49. The van der Waals surface area contributed by atoms with Gasteiger partial charge in [-0.15, -0.1) is 0 Å². The quantitative estimate of drug-likeness (QED) is 0.770. The van der Waals surface area contributed by atoms with Crippen LogP contribution in [0, 0.1) is 5.92 Å². The molecule has 1 atom stereocenters. The summed E-state index contributed by atoms with van der Waals surface area (Å²) in [7, 11) is 0. The van der Waals surface area contributed by atoms with Crippen molar-refractivity contribution >= 4 is 11.8 Å². The molecule has 0 unspecified atom stereocenters. The van der Waals surface area contributed by atoms with Gasteiger partial charge in [0.1, 0.15) is 6.04 Å². The van der Waals surface area contributed by atoms with Crippen LogP contribution in [0.5, 0.6) is 0 Å². The molecule has 0 bridgehead atoms. The lowest BCUT2D eigenvalue weighted by molar-refractivity contribution is -0.130. The second kappa shape index (κ2) is 9.10. The molecule has 1 aromatic heterocycles. The predicted molar refractivity (Wildman–Crippen MR) is 82.4 cm³/mol. The largest absolute Gasteiger partial charge is 0.350 e. The summed E-state index contributed by atoms with van der Waals surface area (Å²) in [5.41, 5.74) is 0.936. The molecule has 116 valence electrons. The third-order valence-electron chi connectivity index (χ3n) is 3.21. The highest BCUT2D eigenvalue weighted by Gasteiger charge is 2.23. The number of nitrogens with one attached hydrogen (secondary N) is 2. The lowest BCUT2D eigenvalue weighted by atomic mass is 10.0. The number of unbranched alkanes of at least 4 members (excludes halogenated alkanes) is 1. The van der Waals surface area contributed by atoms with E-state index in [9.17, 15) is 9.59 Å². The van der Waals surface area contributed by atoms with E-state index in [4.69, 9.17) is 0 Å². The highest BCUT2D eigenvalue weighted by Crippen LogP contribution is 2.04. The van der Waals surface area contributed by atoms with Gasteiger partial charge in [0, 0.05) is 25.4 Å². The maximum absolute atomic E-state index is 12.2. The third kappa shape index (κ3) is 6.38. The Balaban J connectivity index is 2.51. The van der Waals surface area contributed by atoms with Gasteiger partial charge in [-0.2, -0.15) is 0 Å². The molecule has 0 aliphatic carbocycles. The minimum atomic E-state index is -0.494. The van der Waals surface area contributed by atoms with Crippen molar-refractivity contribution < 1.29 is 9.59 Å². The molecule has 2 N–H and O–H groups in total. The maximum Gasteiger partial charge on any atom is 0.243 e. The molecule has 0 aliphatic heterocycles. The molecular weight excluding hydrogens is 266 g/mol. The molecule has 0 saturated heterocycles. The van der Waals surface area contributed by atoms with Crippen LogP contribution in [0.4, 0.5) is 0 Å². The van der Waals surface area contributed by atoms with Crippen LogP contribution in [0.25, 0.3) is 0 Å². The number of nitrogens with zero attached hydrogens (tertiary/aromatic N) is 1. The fourth-order valence-electron chi connectivity index (χ4n) is 1.92. The van der Waals surface area contributed by atoms with Crippen molar-refractivity contribution in [3.63, 3.8) is 0 Å². The summed E-state index contributed by atoms with van der Waals surface area (Å²) >= 11 is 0. The van der Waals surface area contributed by atoms with Crippen LogP contribution in [0.15, 0.2) is 24.5 Å². The number of hydrogen-bond donors (Lipinski definition) is 2. The van der Waals surface area contributed by atoms with Gasteiger partial charge in [0.05, 0.1) is 0 Å². The Morgan fingerprint density at radius 2 is 2.10 bits per heavy atom. The first-order valence-corrected chi connectivity index (χ1v) is 7.50. The molecule has 5 nitrogen and oxygen atoms in total. The summed E-state index contributed by atoms with van der Waals surface area (Å²) in [6.07, 6.45) is 5.68. The molecule has 0 spiro atoms.